The number of carbonyl (C=O) groups excluding carboxylic acids is 1. The van der Waals surface area contributed by atoms with E-state index in [0.717, 1.165) is 53.9 Å². The first kappa shape index (κ1) is 30.5. The van der Waals surface area contributed by atoms with Crippen LogP contribution >= 0.6 is 0 Å². The third-order valence-corrected chi connectivity index (χ3v) is 9.03. The van der Waals surface area contributed by atoms with Gasteiger partial charge in [0.05, 0.1) is 10.3 Å². The summed E-state index contributed by atoms with van der Waals surface area (Å²) in [5, 5.41) is 10.4. The fraction of sp³-hybridized carbons (Fsp3) is 0.500. The molecule has 0 aromatic heterocycles. The maximum atomic E-state index is 13.1. The Balaban J connectivity index is 0.000000532. The molecule has 0 spiro atoms. The van der Waals surface area contributed by atoms with Crippen LogP contribution < -0.4 is 10.0 Å². The van der Waals surface area contributed by atoms with E-state index in [1.807, 2.05) is 45.0 Å². The molecule has 2 fully saturated rings. The highest BCUT2D eigenvalue weighted by atomic mass is 32.2. The number of carboxylic acids is 1. The van der Waals surface area contributed by atoms with Gasteiger partial charge in [-0.1, -0.05) is 36.8 Å². The van der Waals surface area contributed by atoms with E-state index in [2.05, 4.69) is 17.0 Å². The van der Waals surface area contributed by atoms with Crippen molar-refractivity contribution in [2.45, 2.75) is 88.7 Å². The van der Waals surface area contributed by atoms with Gasteiger partial charge in [-0.2, -0.15) is 13.2 Å². The number of carbonyl (C=O) groups is 2. The standard InChI is InChI=1S/C26H34N2O3S.C2HF3O2/c1-17-5-9-22(10-6-17)27-25(29)26(13-14-26)21-7-11-23(12-8-21)28-32(30,31)24-19(3)15-18(2)16-20(24)4;3-2(4,5)1(6)7/h7-8,11-12,15-17,22,28H,5-6,9-10,13-14H2,1-4H3,(H,27,29);(H,6,7). The van der Waals surface area contributed by atoms with Gasteiger partial charge in [0.1, 0.15) is 0 Å². The second kappa shape index (κ2) is 11.6. The smallest absolute Gasteiger partial charge is 0.475 e. The number of sulfonamides is 1. The molecule has 0 bridgehead atoms. The maximum absolute atomic E-state index is 13.1. The lowest BCUT2D eigenvalue weighted by Crippen LogP contribution is -2.43. The topological polar surface area (TPSA) is 113 Å². The molecular formula is C28H35F3N2O5S. The summed E-state index contributed by atoms with van der Waals surface area (Å²) in [5.41, 5.74) is 3.52. The largest absolute Gasteiger partial charge is 0.490 e. The summed E-state index contributed by atoms with van der Waals surface area (Å²) in [6.45, 7) is 7.87. The van der Waals surface area contributed by atoms with Crippen LogP contribution in [0.3, 0.4) is 0 Å². The highest BCUT2D eigenvalue weighted by molar-refractivity contribution is 7.92. The SMILES string of the molecule is Cc1cc(C)c(S(=O)(=O)Nc2ccc(C3(C(=O)NC4CCC(C)CC4)CC3)cc2)c(C)c1.O=C(O)C(F)(F)F. The number of hydrogen-bond donors (Lipinski definition) is 3. The molecule has 1 amide bonds. The summed E-state index contributed by atoms with van der Waals surface area (Å²) >= 11 is 0. The van der Waals surface area contributed by atoms with E-state index in [-0.39, 0.29) is 11.9 Å². The first-order chi connectivity index (χ1) is 18.0. The van der Waals surface area contributed by atoms with Crippen molar-refractivity contribution in [1.29, 1.82) is 0 Å². The summed E-state index contributed by atoms with van der Waals surface area (Å²) < 4.78 is 60.5. The molecule has 0 atom stereocenters. The van der Waals surface area contributed by atoms with Gasteiger partial charge >= 0.3 is 12.1 Å². The van der Waals surface area contributed by atoms with E-state index < -0.39 is 27.6 Å². The molecule has 214 valence electrons. The number of amides is 1. The van der Waals surface area contributed by atoms with Gasteiger partial charge in [-0.05, 0) is 94.0 Å². The lowest BCUT2D eigenvalue weighted by Gasteiger charge is -2.28. The molecule has 0 saturated heterocycles. The molecule has 3 N–H and O–H groups in total. The molecule has 39 heavy (non-hydrogen) atoms. The third-order valence-electron chi connectivity index (χ3n) is 7.34. The molecule has 2 aliphatic carbocycles. The molecule has 11 heteroatoms. The minimum atomic E-state index is -5.08. The molecule has 2 aliphatic rings. The molecule has 0 heterocycles. The Morgan fingerprint density at radius 3 is 1.87 bits per heavy atom. The monoisotopic (exact) mass is 568 g/mol. The van der Waals surface area contributed by atoms with Gasteiger partial charge < -0.3 is 10.4 Å². The minimum absolute atomic E-state index is 0.122. The summed E-state index contributed by atoms with van der Waals surface area (Å²) in [6, 6.07) is 11.4. The van der Waals surface area contributed by atoms with Crippen LogP contribution in [0.2, 0.25) is 0 Å². The third kappa shape index (κ3) is 7.52. The zero-order valence-electron chi connectivity index (χ0n) is 22.5. The van der Waals surface area contributed by atoms with Crippen LogP contribution in [0.15, 0.2) is 41.3 Å². The van der Waals surface area contributed by atoms with E-state index in [1.54, 1.807) is 12.1 Å². The summed E-state index contributed by atoms with van der Waals surface area (Å²) in [7, 11) is -3.69. The van der Waals surface area contributed by atoms with Gasteiger partial charge in [-0.25, -0.2) is 13.2 Å². The second-order valence-electron chi connectivity index (χ2n) is 10.7. The number of aliphatic carboxylic acids is 1. The van der Waals surface area contributed by atoms with E-state index >= 15 is 0 Å². The molecular weight excluding hydrogens is 533 g/mol. The van der Waals surface area contributed by atoms with Crippen LogP contribution in [-0.4, -0.2) is 37.6 Å². The van der Waals surface area contributed by atoms with Gasteiger partial charge in [-0.15, -0.1) is 0 Å². The van der Waals surface area contributed by atoms with Crippen LogP contribution in [0.1, 0.15) is 67.7 Å². The first-order valence-corrected chi connectivity index (χ1v) is 14.4. The van der Waals surface area contributed by atoms with Gasteiger partial charge in [0.15, 0.2) is 0 Å². The number of hydrogen-bond acceptors (Lipinski definition) is 4. The van der Waals surface area contributed by atoms with Crippen molar-refractivity contribution < 1.29 is 36.3 Å². The Morgan fingerprint density at radius 1 is 0.949 bits per heavy atom. The van der Waals surface area contributed by atoms with Crippen LogP contribution in [0.4, 0.5) is 18.9 Å². The Bertz CT molecular complexity index is 1290. The minimum Gasteiger partial charge on any atom is -0.475 e. The van der Waals surface area contributed by atoms with Crippen LogP contribution in [0, 0.1) is 26.7 Å². The van der Waals surface area contributed by atoms with Crippen LogP contribution in [-0.2, 0) is 25.0 Å². The van der Waals surface area contributed by atoms with Crippen molar-refractivity contribution >= 4 is 27.6 Å². The second-order valence-corrected chi connectivity index (χ2v) is 12.3. The number of carboxylic acid groups (broad SMARTS) is 1. The molecule has 4 rings (SSSR count). The van der Waals surface area contributed by atoms with Gasteiger partial charge in [0.25, 0.3) is 10.0 Å². The average Bonchev–Trinajstić information content (AvgIpc) is 3.62. The fourth-order valence-electron chi connectivity index (χ4n) is 5.15. The number of nitrogens with one attached hydrogen (secondary N) is 2. The highest BCUT2D eigenvalue weighted by Crippen LogP contribution is 2.49. The van der Waals surface area contributed by atoms with Crippen molar-refractivity contribution in [3.8, 4) is 0 Å². The summed E-state index contributed by atoms with van der Waals surface area (Å²) in [4.78, 5) is 22.3. The quantitative estimate of drug-likeness (QED) is 0.410. The number of aryl methyl sites for hydroxylation is 3. The number of halogens is 3. The van der Waals surface area contributed by atoms with Crippen LogP contribution in [0.25, 0.3) is 0 Å². The Kier molecular flexibility index (Phi) is 9.04. The summed E-state index contributed by atoms with van der Waals surface area (Å²) in [6.07, 6.45) is 1.06. The highest BCUT2D eigenvalue weighted by Gasteiger charge is 2.51. The van der Waals surface area contributed by atoms with Crippen molar-refractivity contribution in [1.82, 2.24) is 5.32 Å². The predicted molar refractivity (Wildman–Crippen MR) is 142 cm³/mol. The Hall–Kier alpha value is -3.08. The van der Waals surface area contributed by atoms with E-state index in [0.29, 0.717) is 10.6 Å². The lowest BCUT2D eigenvalue weighted by molar-refractivity contribution is -0.192. The molecule has 2 saturated carbocycles. The lowest BCUT2D eigenvalue weighted by atomic mass is 9.86. The number of anilines is 1. The molecule has 2 aromatic carbocycles. The fourth-order valence-corrected chi connectivity index (χ4v) is 6.67. The normalized spacial score (nSPS) is 20.3. The van der Waals surface area contributed by atoms with Crippen molar-refractivity contribution in [3.05, 3.63) is 58.7 Å². The molecule has 7 nitrogen and oxygen atoms in total. The number of benzene rings is 2. The van der Waals surface area contributed by atoms with Gasteiger partial charge in [-0.3, -0.25) is 9.52 Å². The molecule has 2 aromatic rings. The Labute approximate surface area is 227 Å². The molecule has 0 unspecified atom stereocenters. The Morgan fingerprint density at radius 2 is 1.44 bits per heavy atom. The molecule has 0 aliphatic heterocycles. The zero-order valence-corrected chi connectivity index (χ0v) is 23.3. The van der Waals surface area contributed by atoms with Crippen molar-refractivity contribution in [2.24, 2.45) is 5.92 Å². The van der Waals surface area contributed by atoms with Gasteiger partial charge in [0.2, 0.25) is 5.91 Å². The van der Waals surface area contributed by atoms with E-state index in [4.69, 9.17) is 9.90 Å². The zero-order chi connectivity index (χ0) is 29.2. The van der Waals surface area contributed by atoms with Crippen molar-refractivity contribution in [3.63, 3.8) is 0 Å². The van der Waals surface area contributed by atoms with E-state index in [1.165, 1.54) is 12.8 Å². The van der Waals surface area contributed by atoms with Gasteiger partial charge in [0, 0.05) is 11.7 Å². The van der Waals surface area contributed by atoms with Crippen LogP contribution in [0.5, 0.6) is 0 Å². The predicted octanol–water partition coefficient (Wildman–Crippen LogP) is 5.77. The van der Waals surface area contributed by atoms with Crippen molar-refractivity contribution in [2.75, 3.05) is 4.72 Å². The van der Waals surface area contributed by atoms with E-state index in [9.17, 15) is 26.4 Å². The first-order valence-electron chi connectivity index (χ1n) is 12.9. The number of alkyl halides is 3. The molecule has 0 radical (unpaired) electrons. The summed E-state index contributed by atoms with van der Waals surface area (Å²) in [5.74, 6) is -1.88. The maximum Gasteiger partial charge on any atom is 0.490 e. The number of rotatable bonds is 6. The average molecular weight is 569 g/mol.